The minimum Gasteiger partial charge on any atom is -0.494 e. The fourth-order valence-electron chi connectivity index (χ4n) is 1.66. The Labute approximate surface area is 104 Å². The van der Waals surface area contributed by atoms with Crippen LogP contribution in [0.3, 0.4) is 0 Å². The van der Waals surface area contributed by atoms with E-state index in [1.54, 1.807) is 18.2 Å². The molecule has 0 spiro atoms. The van der Waals surface area contributed by atoms with Gasteiger partial charge in [0.2, 0.25) is 5.76 Å². The number of benzene rings is 1. The minimum absolute atomic E-state index is 0.266. The van der Waals surface area contributed by atoms with Gasteiger partial charge in [-0.25, -0.2) is 4.79 Å². The Balaban J connectivity index is 2.25. The molecule has 1 atom stereocenters. The van der Waals surface area contributed by atoms with Gasteiger partial charge in [0.25, 0.3) is 0 Å². The molecule has 96 valence electrons. The Morgan fingerprint density at radius 3 is 2.94 bits per heavy atom. The Morgan fingerprint density at radius 1 is 1.50 bits per heavy atom. The van der Waals surface area contributed by atoms with Crippen molar-refractivity contribution in [1.82, 2.24) is 0 Å². The molecule has 5 nitrogen and oxygen atoms in total. The standard InChI is InChI=1S/C13H14O5/c1-2-5-17-8-3-4-11-9(6-8)10(14)7-12(18-11)13(15)16/h3-4,6-7,10,14H,2,5H2,1H3,(H,15,16). The lowest BCUT2D eigenvalue weighted by Gasteiger charge is -2.20. The summed E-state index contributed by atoms with van der Waals surface area (Å²) in [5.74, 6) is -0.500. The summed E-state index contributed by atoms with van der Waals surface area (Å²) in [6, 6.07) is 4.94. The fourth-order valence-corrected chi connectivity index (χ4v) is 1.66. The summed E-state index contributed by atoms with van der Waals surface area (Å²) in [5, 5.41) is 18.7. The van der Waals surface area contributed by atoms with Gasteiger partial charge < -0.3 is 19.7 Å². The second-order valence-electron chi connectivity index (χ2n) is 3.93. The number of carbonyl (C=O) groups is 1. The average molecular weight is 250 g/mol. The van der Waals surface area contributed by atoms with Gasteiger partial charge in [-0.1, -0.05) is 6.92 Å². The zero-order valence-electron chi connectivity index (χ0n) is 9.92. The van der Waals surface area contributed by atoms with Crippen LogP contribution >= 0.6 is 0 Å². The van der Waals surface area contributed by atoms with Crippen LogP contribution < -0.4 is 9.47 Å². The summed E-state index contributed by atoms with van der Waals surface area (Å²) in [6.45, 7) is 2.59. The molecule has 1 aliphatic heterocycles. The summed E-state index contributed by atoms with van der Waals surface area (Å²) < 4.78 is 10.6. The summed E-state index contributed by atoms with van der Waals surface area (Å²) in [4.78, 5) is 10.8. The van der Waals surface area contributed by atoms with E-state index in [0.29, 0.717) is 23.7 Å². The molecule has 0 aromatic heterocycles. The van der Waals surface area contributed by atoms with Crippen molar-refractivity contribution in [3.05, 3.63) is 35.6 Å². The lowest BCUT2D eigenvalue weighted by Crippen LogP contribution is -2.15. The van der Waals surface area contributed by atoms with E-state index in [-0.39, 0.29) is 5.76 Å². The highest BCUT2D eigenvalue weighted by Crippen LogP contribution is 2.35. The fraction of sp³-hybridized carbons (Fsp3) is 0.308. The van der Waals surface area contributed by atoms with Crippen molar-refractivity contribution >= 4 is 5.97 Å². The number of aliphatic carboxylic acids is 1. The van der Waals surface area contributed by atoms with Crippen molar-refractivity contribution in [2.45, 2.75) is 19.4 Å². The topological polar surface area (TPSA) is 76.0 Å². The van der Waals surface area contributed by atoms with Gasteiger partial charge in [-0.3, -0.25) is 0 Å². The number of hydrogen-bond donors (Lipinski definition) is 2. The summed E-state index contributed by atoms with van der Waals surface area (Å²) in [6.07, 6.45) is 1.05. The van der Waals surface area contributed by atoms with E-state index < -0.39 is 12.1 Å². The summed E-state index contributed by atoms with van der Waals surface area (Å²) in [7, 11) is 0. The molecule has 1 aromatic rings. The van der Waals surface area contributed by atoms with E-state index >= 15 is 0 Å². The number of aliphatic hydroxyl groups excluding tert-OH is 1. The molecular weight excluding hydrogens is 236 g/mol. The van der Waals surface area contributed by atoms with E-state index in [1.807, 2.05) is 6.92 Å². The average Bonchev–Trinajstić information content (AvgIpc) is 2.36. The molecule has 0 saturated heterocycles. The first kappa shape index (κ1) is 12.4. The molecule has 0 bridgehead atoms. The van der Waals surface area contributed by atoms with Crippen LogP contribution in [0.15, 0.2) is 30.0 Å². The zero-order valence-corrected chi connectivity index (χ0v) is 9.92. The van der Waals surface area contributed by atoms with Gasteiger partial charge in [0.15, 0.2) is 0 Å². The van der Waals surface area contributed by atoms with E-state index in [4.69, 9.17) is 14.6 Å². The number of fused-ring (bicyclic) bond motifs is 1. The van der Waals surface area contributed by atoms with Gasteiger partial charge in [-0.2, -0.15) is 0 Å². The number of aliphatic hydroxyl groups is 1. The Morgan fingerprint density at radius 2 is 2.28 bits per heavy atom. The maximum Gasteiger partial charge on any atom is 0.371 e. The van der Waals surface area contributed by atoms with Crippen LogP contribution in [0.1, 0.15) is 25.0 Å². The molecule has 0 radical (unpaired) electrons. The highest BCUT2D eigenvalue weighted by atomic mass is 16.5. The molecule has 2 N–H and O–H groups in total. The Kier molecular flexibility index (Phi) is 3.53. The number of hydrogen-bond acceptors (Lipinski definition) is 4. The predicted molar refractivity (Wildman–Crippen MR) is 63.5 cm³/mol. The molecule has 5 heteroatoms. The first-order chi connectivity index (χ1) is 8.61. The van der Waals surface area contributed by atoms with E-state index in [9.17, 15) is 9.90 Å². The van der Waals surface area contributed by atoms with Crippen molar-refractivity contribution < 1.29 is 24.5 Å². The van der Waals surface area contributed by atoms with Crippen molar-refractivity contribution in [1.29, 1.82) is 0 Å². The molecular formula is C13H14O5. The van der Waals surface area contributed by atoms with Gasteiger partial charge in [0.05, 0.1) is 6.61 Å². The number of rotatable bonds is 4. The lowest BCUT2D eigenvalue weighted by atomic mass is 10.0. The predicted octanol–water partition coefficient (Wildman–Crippen LogP) is 1.87. The van der Waals surface area contributed by atoms with Crippen LogP contribution in [-0.4, -0.2) is 22.8 Å². The van der Waals surface area contributed by atoms with Gasteiger partial charge in [-0.15, -0.1) is 0 Å². The maximum atomic E-state index is 10.8. The van der Waals surface area contributed by atoms with Crippen molar-refractivity contribution in [3.63, 3.8) is 0 Å². The largest absolute Gasteiger partial charge is 0.494 e. The molecule has 0 aliphatic carbocycles. The van der Waals surface area contributed by atoms with Gasteiger partial charge in [0.1, 0.15) is 17.6 Å². The second kappa shape index (κ2) is 5.10. The molecule has 1 aliphatic rings. The maximum absolute atomic E-state index is 10.8. The van der Waals surface area contributed by atoms with Crippen molar-refractivity contribution in [2.24, 2.45) is 0 Å². The molecule has 1 aromatic carbocycles. The molecule has 0 saturated carbocycles. The second-order valence-corrected chi connectivity index (χ2v) is 3.93. The highest BCUT2D eigenvalue weighted by Gasteiger charge is 2.24. The Bertz CT molecular complexity index is 492. The van der Waals surface area contributed by atoms with Crippen LogP contribution in [0.4, 0.5) is 0 Å². The zero-order chi connectivity index (χ0) is 13.1. The molecule has 2 rings (SSSR count). The van der Waals surface area contributed by atoms with Crippen LogP contribution in [0.5, 0.6) is 11.5 Å². The van der Waals surface area contributed by atoms with Crippen molar-refractivity contribution in [3.8, 4) is 11.5 Å². The summed E-state index contributed by atoms with van der Waals surface area (Å²) >= 11 is 0. The number of carboxylic acids is 1. The smallest absolute Gasteiger partial charge is 0.371 e. The van der Waals surface area contributed by atoms with Crippen LogP contribution in [-0.2, 0) is 4.79 Å². The monoisotopic (exact) mass is 250 g/mol. The third-order valence-electron chi connectivity index (χ3n) is 2.51. The number of carboxylic acid groups (broad SMARTS) is 1. The lowest BCUT2D eigenvalue weighted by molar-refractivity contribution is -0.135. The quantitative estimate of drug-likeness (QED) is 0.853. The molecule has 0 fully saturated rings. The van der Waals surface area contributed by atoms with Crippen LogP contribution in [0.2, 0.25) is 0 Å². The Hall–Kier alpha value is -2.01. The first-order valence-corrected chi connectivity index (χ1v) is 5.69. The highest BCUT2D eigenvalue weighted by molar-refractivity contribution is 5.85. The number of ether oxygens (including phenoxy) is 2. The molecule has 0 amide bonds. The molecule has 1 heterocycles. The van der Waals surface area contributed by atoms with E-state index in [2.05, 4.69) is 0 Å². The normalized spacial score (nSPS) is 17.4. The minimum atomic E-state index is -1.20. The van der Waals surface area contributed by atoms with E-state index in [0.717, 1.165) is 12.5 Å². The van der Waals surface area contributed by atoms with Crippen molar-refractivity contribution in [2.75, 3.05) is 6.61 Å². The first-order valence-electron chi connectivity index (χ1n) is 5.69. The third-order valence-corrected chi connectivity index (χ3v) is 2.51. The van der Waals surface area contributed by atoms with Gasteiger partial charge in [-0.05, 0) is 30.7 Å². The van der Waals surface area contributed by atoms with E-state index in [1.165, 1.54) is 0 Å². The molecule has 18 heavy (non-hydrogen) atoms. The van der Waals surface area contributed by atoms with Gasteiger partial charge >= 0.3 is 5.97 Å². The SMILES string of the molecule is CCCOc1ccc2c(c1)C(O)C=C(C(=O)O)O2. The third kappa shape index (κ3) is 2.46. The van der Waals surface area contributed by atoms with Gasteiger partial charge in [0, 0.05) is 5.56 Å². The summed E-state index contributed by atoms with van der Waals surface area (Å²) in [5.41, 5.74) is 0.508. The molecule has 1 unspecified atom stereocenters. The van der Waals surface area contributed by atoms with Crippen LogP contribution in [0, 0.1) is 0 Å². The van der Waals surface area contributed by atoms with Crippen LogP contribution in [0.25, 0.3) is 0 Å².